The number of nitrogens with zero attached hydrogens (tertiary/aromatic N) is 2. The van der Waals surface area contributed by atoms with Crippen LogP contribution in [0.1, 0.15) is 23.3 Å². The van der Waals surface area contributed by atoms with Gasteiger partial charge >= 0.3 is 0 Å². The molecule has 1 aromatic carbocycles. The Hall–Kier alpha value is -1.29. The minimum absolute atomic E-state index is 0.259. The van der Waals surface area contributed by atoms with Crippen molar-refractivity contribution >= 4 is 21.4 Å². The molecule has 158 valence electrons. The van der Waals surface area contributed by atoms with Crippen LogP contribution in [0.15, 0.2) is 46.7 Å². The summed E-state index contributed by atoms with van der Waals surface area (Å²) < 4.78 is 38.7. The molecule has 0 unspecified atom stereocenters. The molecule has 6 nitrogen and oxygen atoms in total. The van der Waals surface area contributed by atoms with Crippen molar-refractivity contribution < 1.29 is 17.9 Å². The summed E-state index contributed by atoms with van der Waals surface area (Å²) in [4.78, 5) is 4.03. The van der Waals surface area contributed by atoms with Gasteiger partial charge in [-0.25, -0.2) is 8.42 Å². The van der Waals surface area contributed by atoms with Crippen molar-refractivity contribution in [1.29, 1.82) is 0 Å². The topological polar surface area (TPSA) is 59.1 Å². The van der Waals surface area contributed by atoms with Gasteiger partial charge in [0.2, 0.25) is 10.0 Å². The number of thiophene rings is 1. The Morgan fingerprint density at radius 1 is 1.10 bits per heavy atom. The van der Waals surface area contributed by atoms with Crippen molar-refractivity contribution in [2.24, 2.45) is 0 Å². The van der Waals surface area contributed by atoms with Gasteiger partial charge in [-0.05, 0) is 42.0 Å². The fourth-order valence-electron chi connectivity index (χ4n) is 3.88. The number of sulfonamides is 1. The number of hydrogen-bond acceptors (Lipinski definition) is 6. The summed E-state index contributed by atoms with van der Waals surface area (Å²) in [5.41, 5.74) is 1.01. The molecule has 0 spiro atoms. The number of benzene rings is 1. The second-order valence-electron chi connectivity index (χ2n) is 7.55. The van der Waals surface area contributed by atoms with Crippen LogP contribution in [0.25, 0.3) is 0 Å². The van der Waals surface area contributed by atoms with E-state index in [2.05, 4.69) is 22.4 Å². The zero-order chi connectivity index (χ0) is 20.1. The quantitative estimate of drug-likeness (QED) is 0.637. The highest BCUT2D eigenvalue weighted by Gasteiger charge is 2.27. The second-order valence-corrected chi connectivity index (χ2v) is 10.5. The molecular weight excluding hydrogens is 408 g/mol. The predicted octanol–water partition coefficient (Wildman–Crippen LogP) is 2.95. The molecule has 2 aliphatic heterocycles. The lowest BCUT2D eigenvalue weighted by Gasteiger charge is -2.27. The van der Waals surface area contributed by atoms with E-state index in [1.54, 1.807) is 17.4 Å². The van der Waals surface area contributed by atoms with E-state index in [-0.39, 0.29) is 6.10 Å². The predicted molar refractivity (Wildman–Crippen MR) is 113 cm³/mol. The number of rotatable bonds is 8. The zero-order valence-electron chi connectivity index (χ0n) is 16.5. The van der Waals surface area contributed by atoms with Crippen molar-refractivity contribution in [2.45, 2.75) is 36.9 Å². The third-order valence-corrected chi connectivity index (χ3v) is 8.11. The molecule has 4 rings (SSSR count). The minimum Gasteiger partial charge on any atom is -0.379 e. The van der Waals surface area contributed by atoms with E-state index < -0.39 is 10.0 Å². The van der Waals surface area contributed by atoms with Gasteiger partial charge in [0.1, 0.15) is 0 Å². The first-order valence-electron chi connectivity index (χ1n) is 10.1. The first-order chi connectivity index (χ1) is 14.1. The van der Waals surface area contributed by atoms with Crippen molar-refractivity contribution in [1.82, 2.24) is 9.21 Å². The van der Waals surface area contributed by atoms with Crippen LogP contribution in [0.2, 0.25) is 0 Å². The summed E-state index contributed by atoms with van der Waals surface area (Å²) in [7, 11) is -3.48. The molecule has 0 saturated carbocycles. The largest absolute Gasteiger partial charge is 0.379 e. The van der Waals surface area contributed by atoms with Gasteiger partial charge in [0.05, 0.1) is 24.2 Å². The van der Waals surface area contributed by atoms with Crippen LogP contribution in [-0.2, 0) is 32.6 Å². The van der Waals surface area contributed by atoms with Crippen molar-refractivity contribution in [3.05, 3.63) is 52.2 Å². The lowest BCUT2D eigenvalue weighted by atomic mass is 10.2. The Bertz CT molecular complexity index is 874. The average molecular weight is 437 g/mol. The number of ether oxygens (including phenoxy) is 2. The normalized spacial score (nSPS) is 21.1. The van der Waals surface area contributed by atoms with E-state index in [9.17, 15) is 8.42 Å². The van der Waals surface area contributed by atoms with E-state index >= 15 is 0 Å². The standard InChI is InChI=1S/C21H28N2O4S2/c24-29(25,23-8-11-26-12-9-23)21-7-1-4-18(14-21)15-22(16-19-5-2-10-27-19)17-20-6-3-13-28-20/h1,3-4,6-7,13-14,19H,2,5,8-12,15-17H2/t19-/m1/s1. The van der Waals surface area contributed by atoms with E-state index in [1.807, 2.05) is 18.2 Å². The summed E-state index contributed by atoms with van der Waals surface area (Å²) in [6, 6.07) is 11.6. The molecule has 3 heterocycles. The molecule has 8 heteroatoms. The van der Waals surface area contributed by atoms with Crippen LogP contribution in [0, 0.1) is 0 Å². The third kappa shape index (κ3) is 5.45. The zero-order valence-corrected chi connectivity index (χ0v) is 18.2. The van der Waals surface area contributed by atoms with Crippen LogP contribution in [0.4, 0.5) is 0 Å². The van der Waals surface area contributed by atoms with Gasteiger partial charge in [-0.15, -0.1) is 11.3 Å². The summed E-state index contributed by atoms with van der Waals surface area (Å²) >= 11 is 1.75. The van der Waals surface area contributed by atoms with Crippen molar-refractivity contribution in [2.75, 3.05) is 39.5 Å². The fourth-order valence-corrected chi connectivity index (χ4v) is 6.11. The summed E-state index contributed by atoms with van der Waals surface area (Å²) in [6.45, 7) is 4.97. The molecule has 0 radical (unpaired) electrons. The molecule has 2 aliphatic rings. The molecule has 1 aromatic heterocycles. The molecule has 0 N–H and O–H groups in total. The Balaban J connectivity index is 1.50. The van der Waals surface area contributed by atoms with E-state index in [0.717, 1.165) is 38.1 Å². The van der Waals surface area contributed by atoms with Crippen LogP contribution >= 0.6 is 11.3 Å². The highest BCUT2D eigenvalue weighted by molar-refractivity contribution is 7.89. The Morgan fingerprint density at radius 3 is 2.69 bits per heavy atom. The smallest absolute Gasteiger partial charge is 0.243 e. The van der Waals surface area contributed by atoms with Crippen LogP contribution in [0.3, 0.4) is 0 Å². The monoisotopic (exact) mass is 436 g/mol. The highest BCUT2D eigenvalue weighted by Crippen LogP contribution is 2.22. The van der Waals surface area contributed by atoms with E-state index in [0.29, 0.717) is 37.7 Å². The lowest BCUT2D eigenvalue weighted by Crippen LogP contribution is -2.40. The minimum atomic E-state index is -3.48. The van der Waals surface area contributed by atoms with Crippen LogP contribution < -0.4 is 0 Å². The molecule has 29 heavy (non-hydrogen) atoms. The highest BCUT2D eigenvalue weighted by atomic mass is 32.2. The van der Waals surface area contributed by atoms with Gasteiger partial charge < -0.3 is 9.47 Å². The lowest BCUT2D eigenvalue weighted by molar-refractivity contribution is 0.0682. The van der Waals surface area contributed by atoms with E-state index in [1.165, 1.54) is 9.18 Å². The molecular formula is C21H28N2O4S2. The van der Waals surface area contributed by atoms with Gasteiger partial charge in [-0.1, -0.05) is 18.2 Å². The molecule has 2 aromatic rings. The number of hydrogen-bond donors (Lipinski definition) is 0. The molecule has 1 atom stereocenters. The molecule has 2 fully saturated rings. The molecule has 0 amide bonds. The summed E-state index contributed by atoms with van der Waals surface area (Å²) in [6.07, 6.45) is 2.47. The van der Waals surface area contributed by atoms with Crippen LogP contribution in [0.5, 0.6) is 0 Å². The maximum absolute atomic E-state index is 13.0. The van der Waals surface area contributed by atoms with Gasteiger partial charge in [0.25, 0.3) is 0 Å². The van der Waals surface area contributed by atoms with Gasteiger partial charge in [-0.2, -0.15) is 4.31 Å². The maximum Gasteiger partial charge on any atom is 0.243 e. The maximum atomic E-state index is 13.0. The first-order valence-corrected chi connectivity index (χ1v) is 12.5. The number of morpholine rings is 1. The molecule has 0 bridgehead atoms. The Kier molecular flexibility index (Phi) is 7.00. The van der Waals surface area contributed by atoms with Crippen molar-refractivity contribution in [3.8, 4) is 0 Å². The Labute approximate surface area is 177 Å². The SMILES string of the molecule is O=S(=O)(c1cccc(CN(Cc2cccs2)C[C@H]2CCCO2)c1)N1CCOCC1. The summed E-state index contributed by atoms with van der Waals surface area (Å²) in [5.74, 6) is 0. The second kappa shape index (κ2) is 9.68. The fraction of sp³-hybridized carbons (Fsp3) is 0.524. The average Bonchev–Trinajstić information content (AvgIpc) is 3.43. The van der Waals surface area contributed by atoms with Crippen LogP contribution in [-0.4, -0.2) is 63.2 Å². The van der Waals surface area contributed by atoms with Gasteiger partial charge in [-0.3, -0.25) is 4.90 Å². The van der Waals surface area contributed by atoms with E-state index in [4.69, 9.17) is 9.47 Å². The van der Waals surface area contributed by atoms with Gasteiger partial charge in [0.15, 0.2) is 0 Å². The van der Waals surface area contributed by atoms with Crippen molar-refractivity contribution in [3.63, 3.8) is 0 Å². The first kappa shape index (κ1) is 21.0. The summed E-state index contributed by atoms with van der Waals surface area (Å²) in [5, 5.41) is 2.09. The molecule has 0 aliphatic carbocycles. The third-order valence-electron chi connectivity index (χ3n) is 5.36. The van der Waals surface area contributed by atoms with Gasteiger partial charge in [0, 0.05) is 44.2 Å². The molecule has 2 saturated heterocycles. The Morgan fingerprint density at radius 2 is 1.97 bits per heavy atom.